The third kappa shape index (κ3) is 5.66. The molecule has 3 aromatic rings. The molecule has 0 saturated heterocycles. The van der Waals surface area contributed by atoms with Gasteiger partial charge in [0.15, 0.2) is 5.69 Å². The van der Waals surface area contributed by atoms with Crippen LogP contribution in [0.2, 0.25) is 0 Å². The first-order valence-corrected chi connectivity index (χ1v) is 10.2. The van der Waals surface area contributed by atoms with Crippen molar-refractivity contribution >= 4 is 23.5 Å². The van der Waals surface area contributed by atoms with Gasteiger partial charge in [0.2, 0.25) is 0 Å². The number of nitrogens with one attached hydrogen (secondary N) is 1. The Hall–Kier alpha value is -3.74. The number of hydrogen-bond donors (Lipinski definition) is 1. The number of aryl methyl sites for hydroxylation is 1. The van der Waals surface area contributed by atoms with Crippen LogP contribution in [0.3, 0.4) is 0 Å². The Morgan fingerprint density at radius 2 is 1.61 bits per heavy atom. The SMILES string of the molecule is CCCCCc1ccc(C(=O)n2ccc(C(=O)Nc3ccc(C(=O)OC)cc3)n2)cc1. The second-order valence-electron chi connectivity index (χ2n) is 7.13. The van der Waals surface area contributed by atoms with Crippen molar-refractivity contribution in [3.8, 4) is 0 Å². The number of ether oxygens (including phenoxy) is 1. The maximum absolute atomic E-state index is 12.7. The molecule has 2 aromatic carbocycles. The zero-order chi connectivity index (χ0) is 22.2. The van der Waals surface area contributed by atoms with Crippen LogP contribution < -0.4 is 5.32 Å². The molecule has 0 aliphatic rings. The van der Waals surface area contributed by atoms with Crippen LogP contribution in [0.15, 0.2) is 60.8 Å². The number of amides is 1. The number of aromatic nitrogens is 2. The van der Waals surface area contributed by atoms with Crippen LogP contribution in [0.25, 0.3) is 0 Å². The molecule has 0 bridgehead atoms. The van der Waals surface area contributed by atoms with Crippen molar-refractivity contribution in [2.24, 2.45) is 0 Å². The van der Waals surface area contributed by atoms with E-state index in [4.69, 9.17) is 0 Å². The largest absolute Gasteiger partial charge is 0.465 e. The molecule has 1 heterocycles. The topological polar surface area (TPSA) is 90.3 Å². The Bertz CT molecular complexity index is 1050. The predicted octanol–water partition coefficient (Wildman–Crippen LogP) is 4.34. The minimum absolute atomic E-state index is 0.113. The molecule has 31 heavy (non-hydrogen) atoms. The number of methoxy groups -OCH3 is 1. The van der Waals surface area contributed by atoms with Gasteiger partial charge < -0.3 is 10.1 Å². The maximum Gasteiger partial charge on any atom is 0.337 e. The molecule has 0 aliphatic carbocycles. The van der Waals surface area contributed by atoms with E-state index >= 15 is 0 Å². The zero-order valence-corrected chi connectivity index (χ0v) is 17.6. The van der Waals surface area contributed by atoms with E-state index in [1.165, 1.54) is 37.8 Å². The highest BCUT2D eigenvalue weighted by molar-refractivity contribution is 6.04. The zero-order valence-electron chi connectivity index (χ0n) is 17.6. The number of unbranched alkanes of at least 4 members (excludes halogenated alkanes) is 2. The van der Waals surface area contributed by atoms with Gasteiger partial charge in [-0.25, -0.2) is 9.48 Å². The maximum atomic E-state index is 12.7. The molecule has 0 atom stereocenters. The van der Waals surface area contributed by atoms with Gasteiger partial charge in [-0.05, 0) is 60.9 Å². The van der Waals surface area contributed by atoms with Gasteiger partial charge >= 0.3 is 5.97 Å². The van der Waals surface area contributed by atoms with Crippen molar-refractivity contribution in [3.63, 3.8) is 0 Å². The Kier molecular flexibility index (Phi) is 7.32. The second-order valence-corrected chi connectivity index (χ2v) is 7.13. The van der Waals surface area contributed by atoms with Crippen LogP contribution in [0.4, 0.5) is 5.69 Å². The van der Waals surface area contributed by atoms with E-state index in [0.29, 0.717) is 16.8 Å². The third-order valence-electron chi connectivity index (χ3n) is 4.86. The summed E-state index contributed by atoms with van der Waals surface area (Å²) in [4.78, 5) is 36.6. The number of esters is 1. The molecule has 3 rings (SSSR count). The molecular formula is C24H25N3O4. The van der Waals surface area contributed by atoms with Crippen molar-refractivity contribution in [2.45, 2.75) is 32.6 Å². The number of anilines is 1. The first-order valence-electron chi connectivity index (χ1n) is 10.2. The molecule has 7 nitrogen and oxygen atoms in total. The lowest BCUT2D eigenvalue weighted by atomic mass is 10.1. The van der Waals surface area contributed by atoms with Gasteiger partial charge in [0.05, 0.1) is 12.7 Å². The van der Waals surface area contributed by atoms with Gasteiger partial charge in [0.25, 0.3) is 11.8 Å². The van der Waals surface area contributed by atoms with Gasteiger partial charge in [-0.3, -0.25) is 9.59 Å². The van der Waals surface area contributed by atoms with E-state index in [2.05, 4.69) is 22.1 Å². The number of carbonyl (C=O) groups is 3. The summed E-state index contributed by atoms with van der Waals surface area (Å²) in [6.45, 7) is 2.17. The van der Waals surface area contributed by atoms with Gasteiger partial charge in [-0.15, -0.1) is 0 Å². The fraction of sp³-hybridized carbons (Fsp3) is 0.250. The van der Waals surface area contributed by atoms with Gasteiger partial charge in [0.1, 0.15) is 0 Å². The van der Waals surface area contributed by atoms with Crippen molar-refractivity contribution in [3.05, 3.63) is 83.2 Å². The summed E-state index contributed by atoms with van der Waals surface area (Å²) in [5, 5.41) is 6.79. The average molecular weight is 419 g/mol. The quantitative estimate of drug-likeness (QED) is 0.433. The molecule has 0 saturated carbocycles. The summed E-state index contributed by atoms with van der Waals surface area (Å²) in [5.41, 5.74) is 2.70. The fourth-order valence-corrected chi connectivity index (χ4v) is 3.09. The molecule has 160 valence electrons. The molecule has 1 amide bonds. The van der Waals surface area contributed by atoms with Crippen LogP contribution in [0.1, 0.15) is 63.0 Å². The minimum atomic E-state index is -0.455. The molecule has 1 aromatic heterocycles. The standard InChI is InChI=1S/C24H25N3O4/c1-3-4-5-6-17-7-9-18(10-8-17)23(29)27-16-15-21(26-27)22(28)25-20-13-11-19(12-14-20)24(30)31-2/h7-16H,3-6H2,1-2H3,(H,25,28). The first kappa shape index (κ1) is 22.0. The van der Waals surface area contributed by atoms with Crippen molar-refractivity contribution in [2.75, 3.05) is 12.4 Å². The van der Waals surface area contributed by atoms with Crippen molar-refractivity contribution in [1.29, 1.82) is 0 Å². The van der Waals surface area contributed by atoms with Crippen LogP contribution in [-0.2, 0) is 11.2 Å². The van der Waals surface area contributed by atoms with Crippen molar-refractivity contribution in [1.82, 2.24) is 9.78 Å². The molecule has 7 heteroatoms. The molecular weight excluding hydrogens is 394 g/mol. The lowest BCUT2D eigenvalue weighted by molar-refractivity contribution is 0.0600. The summed E-state index contributed by atoms with van der Waals surface area (Å²) < 4.78 is 5.80. The number of rotatable bonds is 8. The Labute approximate surface area is 181 Å². The van der Waals surface area contributed by atoms with Crippen LogP contribution in [0, 0.1) is 0 Å². The Balaban J connectivity index is 1.63. The lowest BCUT2D eigenvalue weighted by Gasteiger charge is -2.05. The minimum Gasteiger partial charge on any atom is -0.465 e. The summed E-state index contributed by atoms with van der Waals surface area (Å²) in [6.07, 6.45) is 5.95. The van der Waals surface area contributed by atoms with Gasteiger partial charge in [-0.1, -0.05) is 31.9 Å². The molecule has 0 fully saturated rings. The number of nitrogens with zero attached hydrogens (tertiary/aromatic N) is 2. The first-order chi connectivity index (χ1) is 15.0. The summed E-state index contributed by atoms with van der Waals surface area (Å²) in [6, 6.07) is 15.3. The van der Waals surface area contributed by atoms with E-state index in [1.54, 1.807) is 36.4 Å². The van der Waals surface area contributed by atoms with Crippen LogP contribution in [0.5, 0.6) is 0 Å². The van der Waals surface area contributed by atoms with E-state index in [0.717, 1.165) is 17.5 Å². The Morgan fingerprint density at radius 3 is 2.26 bits per heavy atom. The summed E-state index contributed by atoms with van der Waals surface area (Å²) in [5.74, 6) is -1.21. The average Bonchev–Trinajstić information content (AvgIpc) is 3.30. The number of carbonyl (C=O) groups excluding carboxylic acids is 3. The highest BCUT2D eigenvalue weighted by Crippen LogP contribution is 2.13. The van der Waals surface area contributed by atoms with E-state index in [1.807, 2.05) is 12.1 Å². The molecule has 0 spiro atoms. The fourth-order valence-electron chi connectivity index (χ4n) is 3.09. The Morgan fingerprint density at radius 1 is 0.935 bits per heavy atom. The lowest BCUT2D eigenvalue weighted by Crippen LogP contribution is -2.16. The monoisotopic (exact) mass is 419 g/mol. The second kappa shape index (κ2) is 10.3. The van der Waals surface area contributed by atoms with E-state index in [9.17, 15) is 14.4 Å². The van der Waals surface area contributed by atoms with E-state index < -0.39 is 11.9 Å². The van der Waals surface area contributed by atoms with Gasteiger partial charge in [-0.2, -0.15) is 5.10 Å². The highest BCUT2D eigenvalue weighted by atomic mass is 16.5. The van der Waals surface area contributed by atoms with Crippen LogP contribution >= 0.6 is 0 Å². The van der Waals surface area contributed by atoms with Gasteiger partial charge in [0, 0.05) is 17.4 Å². The molecule has 0 unspecified atom stereocenters. The van der Waals surface area contributed by atoms with Crippen molar-refractivity contribution < 1.29 is 19.1 Å². The highest BCUT2D eigenvalue weighted by Gasteiger charge is 2.15. The summed E-state index contributed by atoms with van der Waals surface area (Å²) >= 11 is 0. The number of benzene rings is 2. The molecule has 0 aliphatic heterocycles. The van der Waals surface area contributed by atoms with Crippen LogP contribution in [-0.4, -0.2) is 34.7 Å². The normalized spacial score (nSPS) is 10.5. The third-order valence-corrected chi connectivity index (χ3v) is 4.86. The smallest absolute Gasteiger partial charge is 0.337 e. The predicted molar refractivity (Wildman–Crippen MR) is 117 cm³/mol. The molecule has 0 radical (unpaired) electrons. The number of hydrogen-bond acceptors (Lipinski definition) is 5. The summed E-state index contributed by atoms with van der Waals surface area (Å²) in [7, 11) is 1.30. The van der Waals surface area contributed by atoms with E-state index in [-0.39, 0.29) is 11.6 Å². The molecule has 1 N–H and O–H groups in total.